The summed E-state index contributed by atoms with van der Waals surface area (Å²) in [5.41, 5.74) is 1.37. The summed E-state index contributed by atoms with van der Waals surface area (Å²) in [6.07, 6.45) is 2.66. The van der Waals surface area contributed by atoms with Gasteiger partial charge in [0, 0.05) is 21.8 Å². The van der Waals surface area contributed by atoms with Gasteiger partial charge >= 0.3 is 0 Å². The fraction of sp³-hybridized carbons (Fsp3) is 0.571. The van der Waals surface area contributed by atoms with Crippen molar-refractivity contribution in [2.75, 3.05) is 5.75 Å². The Hall–Kier alpha value is 0.01000. The molecule has 3 unspecified atom stereocenters. The average Bonchev–Trinajstić information content (AvgIpc) is 2.33. The van der Waals surface area contributed by atoms with E-state index in [4.69, 9.17) is 0 Å². The van der Waals surface area contributed by atoms with Gasteiger partial charge in [-0.15, -0.1) is 0 Å². The Bertz CT molecular complexity index is 352. The molecular formula is C14H20BrNS. The molecule has 1 heterocycles. The molecule has 1 N–H and O–H groups in total. The molecular weight excluding hydrogens is 294 g/mol. The van der Waals surface area contributed by atoms with Crippen molar-refractivity contribution < 1.29 is 0 Å². The zero-order chi connectivity index (χ0) is 12.3. The maximum absolute atomic E-state index is 3.77. The second-order valence-corrected chi connectivity index (χ2v) is 7.17. The fourth-order valence-corrected chi connectivity index (χ4v) is 3.73. The summed E-state index contributed by atoms with van der Waals surface area (Å²) in [5.74, 6) is 1.33. The largest absolute Gasteiger partial charge is 0.306 e. The van der Waals surface area contributed by atoms with Crippen molar-refractivity contribution in [3.63, 3.8) is 0 Å². The van der Waals surface area contributed by atoms with Gasteiger partial charge in [-0.2, -0.15) is 11.8 Å². The van der Waals surface area contributed by atoms with Crippen molar-refractivity contribution in [1.29, 1.82) is 0 Å². The standard InChI is InChI=1S/C14H20BrNS/c1-10(12-5-7-13(15)8-6-12)16-14-4-3-9-17-11(14)2/h5-8,10-11,14,16H,3-4,9H2,1-2H3. The molecule has 2 rings (SSSR count). The van der Waals surface area contributed by atoms with E-state index < -0.39 is 0 Å². The zero-order valence-corrected chi connectivity index (χ0v) is 12.9. The Labute approximate surface area is 117 Å². The molecule has 0 amide bonds. The Morgan fingerprint density at radius 2 is 2.06 bits per heavy atom. The first kappa shape index (κ1) is 13.4. The van der Waals surface area contributed by atoms with Gasteiger partial charge in [0.1, 0.15) is 0 Å². The maximum atomic E-state index is 3.77. The van der Waals surface area contributed by atoms with Gasteiger partial charge in [-0.1, -0.05) is 35.0 Å². The number of hydrogen-bond acceptors (Lipinski definition) is 2. The molecule has 94 valence electrons. The minimum Gasteiger partial charge on any atom is -0.306 e. The van der Waals surface area contributed by atoms with Gasteiger partial charge in [0.05, 0.1) is 0 Å². The molecule has 1 aliphatic rings. The second-order valence-electron chi connectivity index (χ2n) is 4.76. The van der Waals surface area contributed by atoms with Gasteiger partial charge in [-0.25, -0.2) is 0 Å². The van der Waals surface area contributed by atoms with Crippen molar-refractivity contribution >= 4 is 27.7 Å². The number of rotatable bonds is 3. The SMILES string of the molecule is CC(NC1CCCSC1C)c1ccc(Br)cc1. The van der Waals surface area contributed by atoms with Crippen LogP contribution in [0, 0.1) is 0 Å². The lowest BCUT2D eigenvalue weighted by Crippen LogP contribution is -2.40. The normalized spacial score (nSPS) is 26.8. The van der Waals surface area contributed by atoms with E-state index in [0.29, 0.717) is 12.1 Å². The number of hydrogen-bond donors (Lipinski definition) is 1. The maximum Gasteiger partial charge on any atom is 0.0294 e. The van der Waals surface area contributed by atoms with Crippen LogP contribution in [0.5, 0.6) is 0 Å². The van der Waals surface area contributed by atoms with Crippen molar-refractivity contribution in [3.8, 4) is 0 Å². The lowest BCUT2D eigenvalue weighted by molar-refractivity contribution is 0.417. The van der Waals surface area contributed by atoms with Crippen LogP contribution in [0.3, 0.4) is 0 Å². The summed E-state index contributed by atoms with van der Waals surface area (Å²) in [4.78, 5) is 0. The summed E-state index contributed by atoms with van der Waals surface area (Å²) in [7, 11) is 0. The Kier molecular flexibility index (Phi) is 4.95. The molecule has 1 aromatic carbocycles. The van der Waals surface area contributed by atoms with E-state index in [1.165, 1.54) is 24.2 Å². The van der Waals surface area contributed by atoms with Crippen molar-refractivity contribution in [2.24, 2.45) is 0 Å². The second kappa shape index (κ2) is 6.26. The molecule has 0 aliphatic carbocycles. The van der Waals surface area contributed by atoms with E-state index >= 15 is 0 Å². The minimum atomic E-state index is 0.439. The first-order valence-electron chi connectivity index (χ1n) is 6.30. The molecule has 0 spiro atoms. The van der Waals surface area contributed by atoms with E-state index in [1.807, 2.05) is 0 Å². The molecule has 0 bridgehead atoms. The molecule has 1 nitrogen and oxygen atoms in total. The first-order valence-corrected chi connectivity index (χ1v) is 8.14. The smallest absolute Gasteiger partial charge is 0.0294 e. The van der Waals surface area contributed by atoms with E-state index in [9.17, 15) is 0 Å². The van der Waals surface area contributed by atoms with Crippen LogP contribution in [-0.2, 0) is 0 Å². The van der Waals surface area contributed by atoms with Crippen LogP contribution in [0.25, 0.3) is 0 Å². The van der Waals surface area contributed by atoms with Gasteiger partial charge in [-0.3, -0.25) is 0 Å². The minimum absolute atomic E-state index is 0.439. The number of halogens is 1. The summed E-state index contributed by atoms with van der Waals surface area (Å²) >= 11 is 5.57. The van der Waals surface area contributed by atoms with Crippen LogP contribution in [0.4, 0.5) is 0 Å². The van der Waals surface area contributed by atoms with Crippen molar-refractivity contribution in [2.45, 2.75) is 44.0 Å². The summed E-state index contributed by atoms with van der Waals surface area (Å²) in [5, 5.41) is 4.51. The Balaban J connectivity index is 1.95. The van der Waals surface area contributed by atoms with E-state index in [-0.39, 0.29) is 0 Å². The summed E-state index contributed by atoms with van der Waals surface area (Å²) in [6.45, 7) is 4.60. The highest BCUT2D eigenvalue weighted by Gasteiger charge is 2.23. The zero-order valence-electron chi connectivity index (χ0n) is 10.4. The molecule has 3 atom stereocenters. The topological polar surface area (TPSA) is 12.0 Å². The fourth-order valence-electron chi connectivity index (χ4n) is 2.31. The van der Waals surface area contributed by atoms with Crippen LogP contribution < -0.4 is 5.32 Å². The highest BCUT2D eigenvalue weighted by atomic mass is 79.9. The third-order valence-corrected chi connectivity index (χ3v) is 5.35. The number of nitrogens with one attached hydrogen (secondary N) is 1. The van der Waals surface area contributed by atoms with E-state index in [0.717, 1.165) is 9.72 Å². The number of thioether (sulfide) groups is 1. The Morgan fingerprint density at radius 3 is 2.71 bits per heavy atom. The molecule has 1 saturated heterocycles. The molecule has 3 heteroatoms. The monoisotopic (exact) mass is 313 g/mol. The predicted molar refractivity (Wildman–Crippen MR) is 80.6 cm³/mol. The molecule has 17 heavy (non-hydrogen) atoms. The first-order chi connectivity index (χ1) is 8.16. The molecule has 0 radical (unpaired) electrons. The Morgan fingerprint density at radius 1 is 1.35 bits per heavy atom. The van der Waals surface area contributed by atoms with Crippen molar-refractivity contribution in [3.05, 3.63) is 34.3 Å². The molecule has 1 fully saturated rings. The summed E-state index contributed by atoms with van der Waals surface area (Å²) in [6, 6.07) is 9.73. The highest BCUT2D eigenvalue weighted by Crippen LogP contribution is 2.27. The molecule has 0 saturated carbocycles. The van der Waals surface area contributed by atoms with E-state index in [1.54, 1.807) is 0 Å². The quantitative estimate of drug-likeness (QED) is 0.888. The van der Waals surface area contributed by atoms with Gasteiger partial charge in [0.25, 0.3) is 0 Å². The van der Waals surface area contributed by atoms with Crippen LogP contribution in [0.2, 0.25) is 0 Å². The van der Waals surface area contributed by atoms with Crippen LogP contribution in [0.1, 0.15) is 38.3 Å². The molecule has 1 aliphatic heterocycles. The van der Waals surface area contributed by atoms with Crippen LogP contribution in [-0.4, -0.2) is 17.0 Å². The number of benzene rings is 1. The molecule has 0 aromatic heterocycles. The molecule has 1 aromatic rings. The van der Waals surface area contributed by atoms with E-state index in [2.05, 4.69) is 71.1 Å². The van der Waals surface area contributed by atoms with Gasteiger partial charge in [0.2, 0.25) is 0 Å². The van der Waals surface area contributed by atoms with Crippen molar-refractivity contribution in [1.82, 2.24) is 5.32 Å². The summed E-state index contributed by atoms with van der Waals surface area (Å²) < 4.78 is 1.15. The lowest BCUT2D eigenvalue weighted by Gasteiger charge is -2.32. The highest BCUT2D eigenvalue weighted by molar-refractivity contribution is 9.10. The van der Waals surface area contributed by atoms with Crippen LogP contribution >= 0.6 is 27.7 Å². The van der Waals surface area contributed by atoms with Gasteiger partial charge < -0.3 is 5.32 Å². The van der Waals surface area contributed by atoms with Gasteiger partial charge in [-0.05, 0) is 43.2 Å². The van der Waals surface area contributed by atoms with Gasteiger partial charge in [0.15, 0.2) is 0 Å². The predicted octanol–water partition coefficient (Wildman–Crippen LogP) is 4.38. The lowest BCUT2D eigenvalue weighted by atomic mass is 10.0. The van der Waals surface area contributed by atoms with Crippen LogP contribution in [0.15, 0.2) is 28.7 Å². The third kappa shape index (κ3) is 3.73. The average molecular weight is 314 g/mol. The third-order valence-electron chi connectivity index (χ3n) is 3.44.